The third-order valence-electron chi connectivity index (χ3n) is 4.42. The minimum Gasteiger partial charge on any atom is -0.491 e. The highest BCUT2D eigenvalue weighted by Crippen LogP contribution is 2.36. The maximum absolute atomic E-state index is 12.7. The highest BCUT2D eigenvalue weighted by Gasteiger charge is 2.28. The summed E-state index contributed by atoms with van der Waals surface area (Å²) in [5.74, 6) is 1.01. The molecule has 1 aromatic carbocycles. The monoisotopic (exact) mass is 370 g/mol. The van der Waals surface area contributed by atoms with Crippen molar-refractivity contribution in [3.8, 4) is 5.75 Å². The van der Waals surface area contributed by atoms with Gasteiger partial charge in [0, 0.05) is 23.1 Å². The molecule has 1 aliphatic rings. The predicted octanol–water partition coefficient (Wildman–Crippen LogP) is 5.16. The van der Waals surface area contributed by atoms with Crippen LogP contribution < -0.4 is 10.1 Å². The number of nitrogens with zero attached hydrogens (tertiary/aromatic N) is 1. The van der Waals surface area contributed by atoms with E-state index in [0.29, 0.717) is 5.25 Å². The van der Waals surface area contributed by atoms with Crippen LogP contribution >= 0.6 is 11.8 Å². The van der Waals surface area contributed by atoms with Crippen molar-refractivity contribution < 1.29 is 9.53 Å². The van der Waals surface area contributed by atoms with Crippen molar-refractivity contribution in [1.29, 1.82) is 0 Å². The van der Waals surface area contributed by atoms with E-state index >= 15 is 0 Å². The third kappa shape index (κ3) is 5.49. The van der Waals surface area contributed by atoms with Gasteiger partial charge in [0.15, 0.2) is 0 Å². The van der Waals surface area contributed by atoms with E-state index in [1.165, 1.54) is 0 Å². The minimum atomic E-state index is 0.0663. The van der Waals surface area contributed by atoms with E-state index in [4.69, 9.17) is 4.74 Å². The van der Waals surface area contributed by atoms with E-state index in [1.807, 2.05) is 62.5 Å². The van der Waals surface area contributed by atoms with Crippen LogP contribution in [0.2, 0.25) is 0 Å². The number of nitrogens with one attached hydrogen (secondary N) is 1. The van der Waals surface area contributed by atoms with Crippen LogP contribution in [0.15, 0.2) is 53.7 Å². The van der Waals surface area contributed by atoms with Gasteiger partial charge in [-0.25, -0.2) is 4.98 Å². The first-order chi connectivity index (χ1) is 12.6. The van der Waals surface area contributed by atoms with E-state index in [2.05, 4.69) is 10.3 Å². The van der Waals surface area contributed by atoms with Crippen LogP contribution in [-0.2, 0) is 4.79 Å². The summed E-state index contributed by atoms with van der Waals surface area (Å²) in [5.41, 5.74) is 0.825. The normalized spacial score (nSPS) is 20.0. The van der Waals surface area contributed by atoms with Gasteiger partial charge in [0.2, 0.25) is 5.91 Å². The molecule has 1 aliphatic carbocycles. The molecule has 0 saturated heterocycles. The minimum absolute atomic E-state index is 0.0663. The summed E-state index contributed by atoms with van der Waals surface area (Å²) in [6.45, 7) is 4.00. The van der Waals surface area contributed by atoms with Gasteiger partial charge in [-0.2, -0.15) is 0 Å². The lowest BCUT2D eigenvalue weighted by Gasteiger charge is -2.27. The molecule has 1 aromatic heterocycles. The summed E-state index contributed by atoms with van der Waals surface area (Å²) in [6, 6.07) is 13.6. The van der Waals surface area contributed by atoms with Crippen LogP contribution in [0.1, 0.15) is 39.5 Å². The SMILES string of the molecule is CC(C)Oc1ccc(NC(=O)C2CCCC(Sc3ccccn3)C2)cc1. The molecule has 26 heavy (non-hydrogen) atoms. The first-order valence-corrected chi connectivity index (χ1v) is 10.1. The first-order valence-electron chi connectivity index (χ1n) is 9.25. The second kappa shape index (κ2) is 9.08. The molecule has 0 spiro atoms. The summed E-state index contributed by atoms with van der Waals surface area (Å²) in [7, 11) is 0. The molecule has 4 nitrogen and oxygen atoms in total. The predicted molar refractivity (Wildman–Crippen MR) is 107 cm³/mol. The number of thioether (sulfide) groups is 1. The number of carbonyl (C=O) groups excluding carboxylic acids is 1. The fraction of sp³-hybridized carbons (Fsp3) is 0.429. The molecule has 2 atom stereocenters. The molecule has 0 bridgehead atoms. The van der Waals surface area contributed by atoms with Gasteiger partial charge in [-0.15, -0.1) is 11.8 Å². The van der Waals surface area contributed by atoms with Gasteiger partial charge < -0.3 is 10.1 Å². The average molecular weight is 371 g/mol. The molecule has 1 N–H and O–H groups in total. The van der Waals surface area contributed by atoms with Gasteiger partial charge in [-0.1, -0.05) is 12.5 Å². The van der Waals surface area contributed by atoms with Gasteiger partial charge in [0.25, 0.3) is 0 Å². The van der Waals surface area contributed by atoms with E-state index in [0.717, 1.165) is 42.1 Å². The number of carbonyl (C=O) groups is 1. The van der Waals surface area contributed by atoms with Crippen molar-refractivity contribution in [2.75, 3.05) is 5.32 Å². The molecule has 1 amide bonds. The Bertz CT molecular complexity index is 704. The van der Waals surface area contributed by atoms with Gasteiger partial charge in [-0.3, -0.25) is 4.79 Å². The average Bonchev–Trinajstić information content (AvgIpc) is 2.64. The summed E-state index contributed by atoms with van der Waals surface area (Å²) in [5, 5.41) is 4.55. The van der Waals surface area contributed by atoms with Gasteiger partial charge in [0.1, 0.15) is 5.75 Å². The largest absolute Gasteiger partial charge is 0.491 e. The van der Waals surface area contributed by atoms with Crippen LogP contribution in [0.5, 0.6) is 5.75 Å². The Labute approximate surface area is 159 Å². The summed E-state index contributed by atoms with van der Waals surface area (Å²) in [6.07, 6.45) is 6.06. The van der Waals surface area contributed by atoms with Crippen molar-refractivity contribution in [2.24, 2.45) is 5.92 Å². The van der Waals surface area contributed by atoms with Gasteiger partial charge in [0.05, 0.1) is 11.1 Å². The molecule has 138 valence electrons. The molecular weight excluding hydrogens is 344 g/mol. The highest BCUT2D eigenvalue weighted by molar-refractivity contribution is 7.99. The number of benzene rings is 1. The lowest BCUT2D eigenvalue weighted by Crippen LogP contribution is -2.29. The van der Waals surface area contributed by atoms with Crippen molar-refractivity contribution in [2.45, 2.75) is 55.9 Å². The second-order valence-electron chi connectivity index (χ2n) is 6.95. The number of aromatic nitrogens is 1. The van der Waals surface area contributed by atoms with Crippen molar-refractivity contribution in [1.82, 2.24) is 4.98 Å². The van der Waals surface area contributed by atoms with Crippen molar-refractivity contribution in [3.63, 3.8) is 0 Å². The Hall–Kier alpha value is -2.01. The number of hydrogen-bond donors (Lipinski definition) is 1. The Balaban J connectivity index is 1.54. The van der Waals surface area contributed by atoms with E-state index < -0.39 is 0 Å². The molecule has 1 heterocycles. The molecule has 1 saturated carbocycles. The van der Waals surface area contributed by atoms with Crippen LogP contribution in [0.4, 0.5) is 5.69 Å². The van der Waals surface area contributed by atoms with Crippen LogP contribution in [0.3, 0.4) is 0 Å². The Kier molecular flexibility index (Phi) is 6.56. The number of anilines is 1. The Morgan fingerprint density at radius 3 is 2.69 bits per heavy atom. The highest BCUT2D eigenvalue weighted by atomic mass is 32.2. The molecule has 2 unspecified atom stereocenters. The first kappa shape index (κ1) is 18.8. The molecule has 2 aromatic rings. The van der Waals surface area contributed by atoms with Crippen molar-refractivity contribution in [3.05, 3.63) is 48.7 Å². The van der Waals surface area contributed by atoms with Crippen LogP contribution in [-0.4, -0.2) is 22.2 Å². The Morgan fingerprint density at radius 2 is 2.00 bits per heavy atom. The number of ether oxygens (including phenoxy) is 1. The van der Waals surface area contributed by atoms with Crippen molar-refractivity contribution >= 4 is 23.4 Å². The number of amides is 1. The lowest BCUT2D eigenvalue weighted by atomic mass is 9.88. The summed E-state index contributed by atoms with van der Waals surface area (Å²) >= 11 is 1.79. The molecule has 0 radical (unpaired) electrons. The third-order valence-corrected chi connectivity index (χ3v) is 5.66. The molecular formula is C21H26N2O2S. The summed E-state index contributed by atoms with van der Waals surface area (Å²) in [4.78, 5) is 17.1. The topological polar surface area (TPSA) is 51.2 Å². The van der Waals surface area contributed by atoms with Crippen LogP contribution in [0.25, 0.3) is 0 Å². The van der Waals surface area contributed by atoms with E-state index in [1.54, 1.807) is 11.8 Å². The maximum Gasteiger partial charge on any atom is 0.227 e. The zero-order valence-electron chi connectivity index (χ0n) is 15.4. The number of rotatable bonds is 6. The fourth-order valence-corrected chi connectivity index (χ4v) is 4.44. The van der Waals surface area contributed by atoms with E-state index in [-0.39, 0.29) is 17.9 Å². The fourth-order valence-electron chi connectivity index (χ4n) is 3.21. The van der Waals surface area contributed by atoms with Gasteiger partial charge in [-0.05, 0) is 69.5 Å². The van der Waals surface area contributed by atoms with E-state index in [9.17, 15) is 4.79 Å². The quantitative estimate of drug-likeness (QED) is 0.763. The zero-order chi connectivity index (χ0) is 18.4. The molecule has 5 heteroatoms. The summed E-state index contributed by atoms with van der Waals surface area (Å²) < 4.78 is 5.64. The number of hydrogen-bond acceptors (Lipinski definition) is 4. The molecule has 3 rings (SSSR count). The standard InChI is InChI=1S/C21H26N2O2S/c1-15(2)25-18-11-9-17(10-12-18)23-21(24)16-6-5-7-19(14-16)26-20-8-3-4-13-22-20/h3-4,8-13,15-16,19H,5-7,14H2,1-2H3,(H,23,24). The van der Waals surface area contributed by atoms with Crippen LogP contribution in [0, 0.1) is 5.92 Å². The second-order valence-corrected chi connectivity index (χ2v) is 8.27. The maximum atomic E-state index is 12.7. The smallest absolute Gasteiger partial charge is 0.227 e. The lowest BCUT2D eigenvalue weighted by molar-refractivity contribution is -0.120. The number of pyridine rings is 1. The molecule has 1 fully saturated rings. The van der Waals surface area contributed by atoms with Gasteiger partial charge >= 0.3 is 0 Å². The molecule has 0 aliphatic heterocycles. The Morgan fingerprint density at radius 1 is 1.19 bits per heavy atom. The zero-order valence-corrected chi connectivity index (χ0v) is 16.2.